The molecule has 0 spiro atoms. The molecule has 9 aromatic rings. The van der Waals surface area contributed by atoms with E-state index in [1.54, 1.807) is 0 Å². The maximum Gasteiger partial charge on any atom is 0.164 e. The van der Waals surface area contributed by atoms with Gasteiger partial charge in [-0.3, -0.25) is 0 Å². The number of nitrogens with zero attached hydrogens (tertiary/aromatic N) is 3. The van der Waals surface area contributed by atoms with E-state index in [1.165, 1.54) is 27.8 Å². The molecule has 0 bridgehead atoms. The normalized spacial score (nSPS) is 11.3. The minimum atomic E-state index is 0.598. The van der Waals surface area contributed by atoms with Crippen LogP contribution in [0.5, 0.6) is 0 Å². The van der Waals surface area contributed by atoms with Crippen LogP contribution in [-0.2, 0) is 0 Å². The van der Waals surface area contributed by atoms with Crippen molar-refractivity contribution >= 4 is 21.9 Å². The molecule has 0 aliphatic heterocycles. The minimum Gasteiger partial charge on any atom is -0.456 e. The molecule has 0 saturated carbocycles. The molecule has 7 aromatic carbocycles. The average Bonchev–Trinajstić information content (AvgIpc) is 3.57. The van der Waals surface area contributed by atoms with E-state index in [2.05, 4.69) is 103 Å². The molecule has 0 N–H and O–H groups in total. The van der Waals surface area contributed by atoms with E-state index in [0.717, 1.165) is 44.2 Å². The molecular weight excluding hydrogens is 599 g/mol. The van der Waals surface area contributed by atoms with Crippen LogP contribution in [0.15, 0.2) is 180 Å². The van der Waals surface area contributed by atoms with Crippen LogP contribution in [0.1, 0.15) is 0 Å². The molecule has 230 valence electrons. The average molecular weight is 628 g/mol. The summed E-state index contributed by atoms with van der Waals surface area (Å²) in [6, 6.07) is 60.5. The molecule has 0 atom stereocenters. The van der Waals surface area contributed by atoms with Gasteiger partial charge in [0.15, 0.2) is 17.5 Å². The van der Waals surface area contributed by atoms with Crippen molar-refractivity contribution in [3.05, 3.63) is 176 Å². The van der Waals surface area contributed by atoms with Crippen LogP contribution in [0, 0.1) is 0 Å². The number of rotatable bonds is 6. The van der Waals surface area contributed by atoms with Crippen molar-refractivity contribution in [1.29, 1.82) is 0 Å². The molecule has 0 aliphatic rings. The molecule has 0 amide bonds. The molecule has 0 aliphatic carbocycles. The van der Waals surface area contributed by atoms with Gasteiger partial charge in [0.25, 0.3) is 0 Å². The van der Waals surface area contributed by atoms with Crippen molar-refractivity contribution in [2.24, 2.45) is 0 Å². The first-order valence-electron chi connectivity index (χ1n) is 16.4. The number of hydrogen-bond acceptors (Lipinski definition) is 4. The Morgan fingerprint density at radius 3 is 1.35 bits per heavy atom. The standard InChI is InChI=1S/C45H29N3O/c1-5-15-30(16-6-1)35-23-13-24-36(31-17-7-2-8-18-31)41(35)34-27-28-39-38(29-34)42-37(25-14-26-40(42)49-39)45-47-43(32-19-9-3-10-20-32)46-44(48-45)33-21-11-4-12-22-33/h1-29H. The monoisotopic (exact) mass is 627 g/mol. The number of aromatic nitrogens is 3. The predicted octanol–water partition coefficient (Wildman–Crippen LogP) is 11.8. The van der Waals surface area contributed by atoms with Gasteiger partial charge < -0.3 is 4.42 Å². The van der Waals surface area contributed by atoms with Crippen LogP contribution in [0.3, 0.4) is 0 Å². The Bertz CT molecular complexity index is 2460. The number of furan rings is 1. The van der Waals surface area contributed by atoms with Gasteiger partial charge in [0.05, 0.1) is 0 Å². The van der Waals surface area contributed by atoms with Crippen molar-refractivity contribution < 1.29 is 4.42 Å². The van der Waals surface area contributed by atoms with Gasteiger partial charge in [-0.25, -0.2) is 15.0 Å². The first kappa shape index (κ1) is 28.6. The van der Waals surface area contributed by atoms with E-state index in [4.69, 9.17) is 19.4 Å². The zero-order valence-electron chi connectivity index (χ0n) is 26.5. The van der Waals surface area contributed by atoms with E-state index in [9.17, 15) is 0 Å². The van der Waals surface area contributed by atoms with Gasteiger partial charge in [-0.1, -0.05) is 158 Å². The quantitative estimate of drug-likeness (QED) is 0.184. The van der Waals surface area contributed by atoms with Gasteiger partial charge in [-0.05, 0) is 51.6 Å². The summed E-state index contributed by atoms with van der Waals surface area (Å²) < 4.78 is 6.49. The van der Waals surface area contributed by atoms with Crippen LogP contribution in [0.4, 0.5) is 0 Å². The molecule has 9 rings (SSSR count). The summed E-state index contributed by atoms with van der Waals surface area (Å²) in [6.45, 7) is 0. The Balaban J connectivity index is 1.29. The lowest BCUT2D eigenvalue weighted by Gasteiger charge is -2.16. The SMILES string of the molecule is c1ccc(-c2nc(-c3ccccc3)nc(-c3cccc4oc5ccc(-c6c(-c7ccccc7)cccc6-c6ccccc6)cc5c34)n2)cc1. The topological polar surface area (TPSA) is 51.8 Å². The molecular formula is C45H29N3O. The Kier molecular flexibility index (Phi) is 7.10. The molecule has 0 unspecified atom stereocenters. The predicted molar refractivity (Wildman–Crippen MR) is 200 cm³/mol. The van der Waals surface area contributed by atoms with E-state index < -0.39 is 0 Å². The fourth-order valence-electron chi connectivity index (χ4n) is 6.68. The highest BCUT2D eigenvalue weighted by atomic mass is 16.3. The second kappa shape index (κ2) is 12.2. The van der Waals surface area contributed by atoms with Crippen LogP contribution in [0.25, 0.3) is 89.5 Å². The molecule has 4 heteroatoms. The van der Waals surface area contributed by atoms with Crippen molar-refractivity contribution in [2.45, 2.75) is 0 Å². The van der Waals surface area contributed by atoms with Crippen molar-refractivity contribution in [1.82, 2.24) is 15.0 Å². The van der Waals surface area contributed by atoms with E-state index in [1.807, 2.05) is 72.8 Å². The maximum atomic E-state index is 6.49. The highest BCUT2D eigenvalue weighted by molar-refractivity contribution is 6.13. The van der Waals surface area contributed by atoms with Crippen LogP contribution >= 0.6 is 0 Å². The maximum absolute atomic E-state index is 6.49. The summed E-state index contributed by atoms with van der Waals surface area (Å²) in [5.41, 5.74) is 11.3. The highest BCUT2D eigenvalue weighted by Gasteiger charge is 2.20. The number of fused-ring (bicyclic) bond motifs is 3. The van der Waals surface area contributed by atoms with Crippen molar-refractivity contribution in [2.75, 3.05) is 0 Å². The Morgan fingerprint density at radius 2 is 0.796 bits per heavy atom. The summed E-state index contributed by atoms with van der Waals surface area (Å²) in [7, 11) is 0. The van der Waals surface area contributed by atoms with Gasteiger partial charge in [-0.15, -0.1) is 0 Å². The smallest absolute Gasteiger partial charge is 0.164 e. The largest absolute Gasteiger partial charge is 0.456 e. The summed E-state index contributed by atoms with van der Waals surface area (Å²) in [4.78, 5) is 15.0. The van der Waals surface area contributed by atoms with Gasteiger partial charge in [0, 0.05) is 27.5 Å². The van der Waals surface area contributed by atoms with Gasteiger partial charge >= 0.3 is 0 Å². The second-order valence-corrected chi connectivity index (χ2v) is 12.0. The Morgan fingerprint density at radius 1 is 0.327 bits per heavy atom. The molecule has 2 heterocycles. The van der Waals surface area contributed by atoms with Gasteiger partial charge in [0.2, 0.25) is 0 Å². The van der Waals surface area contributed by atoms with Crippen molar-refractivity contribution in [3.63, 3.8) is 0 Å². The lowest BCUT2D eigenvalue weighted by Crippen LogP contribution is -2.00. The molecule has 0 saturated heterocycles. The van der Waals surface area contributed by atoms with E-state index in [0.29, 0.717) is 17.5 Å². The fourth-order valence-corrected chi connectivity index (χ4v) is 6.68. The third-order valence-electron chi connectivity index (χ3n) is 8.96. The van der Waals surface area contributed by atoms with Crippen molar-refractivity contribution in [3.8, 4) is 67.5 Å². The highest BCUT2D eigenvalue weighted by Crippen LogP contribution is 2.43. The fraction of sp³-hybridized carbons (Fsp3) is 0. The first-order valence-corrected chi connectivity index (χ1v) is 16.4. The molecule has 4 nitrogen and oxygen atoms in total. The zero-order chi connectivity index (χ0) is 32.6. The van der Waals surface area contributed by atoms with Crippen LogP contribution in [-0.4, -0.2) is 15.0 Å². The van der Waals surface area contributed by atoms with Crippen LogP contribution < -0.4 is 0 Å². The second-order valence-electron chi connectivity index (χ2n) is 12.0. The minimum absolute atomic E-state index is 0.598. The molecule has 0 fully saturated rings. The summed E-state index contributed by atoms with van der Waals surface area (Å²) in [5, 5.41) is 1.98. The van der Waals surface area contributed by atoms with E-state index >= 15 is 0 Å². The Hall–Kier alpha value is -6.65. The third-order valence-corrected chi connectivity index (χ3v) is 8.96. The summed E-state index contributed by atoms with van der Waals surface area (Å²) in [6.07, 6.45) is 0. The van der Waals surface area contributed by atoms with E-state index in [-0.39, 0.29) is 0 Å². The Labute approximate surface area is 284 Å². The third kappa shape index (κ3) is 5.26. The lowest BCUT2D eigenvalue weighted by atomic mass is 9.87. The first-order chi connectivity index (χ1) is 24.3. The number of hydrogen-bond donors (Lipinski definition) is 0. The molecule has 2 aromatic heterocycles. The summed E-state index contributed by atoms with van der Waals surface area (Å²) in [5.74, 6) is 1.85. The van der Waals surface area contributed by atoms with Gasteiger partial charge in [0.1, 0.15) is 11.2 Å². The zero-order valence-corrected chi connectivity index (χ0v) is 26.5. The summed E-state index contributed by atoms with van der Waals surface area (Å²) >= 11 is 0. The van der Waals surface area contributed by atoms with Gasteiger partial charge in [-0.2, -0.15) is 0 Å². The molecule has 49 heavy (non-hydrogen) atoms. The molecule has 0 radical (unpaired) electrons. The number of benzene rings is 7. The lowest BCUT2D eigenvalue weighted by molar-refractivity contribution is 0.669. The van der Waals surface area contributed by atoms with Crippen LogP contribution in [0.2, 0.25) is 0 Å².